The number of rotatable bonds is 7. The van der Waals surface area contributed by atoms with E-state index in [0.29, 0.717) is 22.0 Å². The summed E-state index contributed by atoms with van der Waals surface area (Å²) in [6.07, 6.45) is 1.66. The number of nitrogens with zero attached hydrogens (tertiary/aromatic N) is 1. The maximum Gasteiger partial charge on any atom is 0.257 e. The summed E-state index contributed by atoms with van der Waals surface area (Å²) in [5, 5.41) is 15.9. The van der Waals surface area contributed by atoms with Crippen molar-refractivity contribution >= 4 is 40.7 Å². The molecule has 0 saturated carbocycles. The van der Waals surface area contributed by atoms with Crippen molar-refractivity contribution < 1.29 is 14.7 Å². The van der Waals surface area contributed by atoms with E-state index in [2.05, 4.69) is 15.6 Å². The summed E-state index contributed by atoms with van der Waals surface area (Å²) < 4.78 is 0. The predicted octanol–water partition coefficient (Wildman–Crippen LogP) is 5.77. The lowest BCUT2D eigenvalue weighted by molar-refractivity contribution is 0.0915. The number of amides is 2. The van der Waals surface area contributed by atoms with Crippen LogP contribution in [0.2, 0.25) is 10.0 Å². The van der Waals surface area contributed by atoms with Crippen LogP contribution in [0.5, 0.6) is 0 Å². The number of carbonyl (C=O) groups excluding carboxylic acids is 2. The molecule has 4 aromatic rings. The Hall–Kier alpha value is -3.71. The summed E-state index contributed by atoms with van der Waals surface area (Å²) in [4.78, 5) is 29.9. The quantitative estimate of drug-likeness (QED) is 0.297. The van der Waals surface area contributed by atoms with Crippen molar-refractivity contribution in [2.45, 2.75) is 6.04 Å². The molecule has 1 atom stereocenters. The smallest absolute Gasteiger partial charge is 0.257 e. The van der Waals surface area contributed by atoms with Crippen LogP contribution in [-0.4, -0.2) is 28.5 Å². The summed E-state index contributed by atoms with van der Waals surface area (Å²) in [5.74, 6) is -0.853. The van der Waals surface area contributed by atoms with Crippen LogP contribution in [0.4, 0.5) is 5.69 Å². The maximum atomic E-state index is 12.9. The third kappa shape index (κ3) is 5.87. The summed E-state index contributed by atoms with van der Waals surface area (Å²) in [5.41, 5.74) is 3.13. The number of benzene rings is 3. The van der Waals surface area contributed by atoms with E-state index in [1.807, 2.05) is 42.5 Å². The molecule has 2 amide bonds. The zero-order chi connectivity index (χ0) is 24.8. The van der Waals surface area contributed by atoms with Crippen LogP contribution < -0.4 is 10.6 Å². The average Bonchev–Trinajstić information content (AvgIpc) is 2.89. The van der Waals surface area contributed by atoms with Crippen LogP contribution in [-0.2, 0) is 0 Å². The lowest BCUT2D eigenvalue weighted by Crippen LogP contribution is -2.30. The number of pyridine rings is 1. The molecule has 0 fully saturated rings. The van der Waals surface area contributed by atoms with E-state index < -0.39 is 17.9 Å². The van der Waals surface area contributed by atoms with Crippen LogP contribution in [0.3, 0.4) is 0 Å². The first-order valence-corrected chi connectivity index (χ1v) is 11.5. The molecule has 3 aromatic carbocycles. The Labute approximate surface area is 212 Å². The van der Waals surface area contributed by atoms with Gasteiger partial charge in [0.1, 0.15) is 0 Å². The number of aliphatic hydroxyl groups is 1. The van der Waals surface area contributed by atoms with Crippen LogP contribution in [0.15, 0.2) is 91.1 Å². The number of anilines is 1. The Bertz CT molecular complexity index is 1350. The minimum atomic E-state index is -0.566. The van der Waals surface area contributed by atoms with Gasteiger partial charge >= 0.3 is 0 Å². The highest BCUT2D eigenvalue weighted by molar-refractivity contribution is 6.35. The van der Waals surface area contributed by atoms with Gasteiger partial charge in [0.05, 0.1) is 34.0 Å². The van der Waals surface area contributed by atoms with Gasteiger partial charge < -0.3 is 15.7 Å². The van der Waals surface area contributed by atoms with Crippen LogP contribution in [0, 0.1) is 0 Å². The minimum Gasteiger partial charge on any atom is -0.394 e. The number of aromatic nitrogens is 1. The molecule has 0 aliphatic rings. The largest absolute Gasteiger partial charge is 0.394 e. The molecule has 4 rings (SSSR count). The fourth-order valence-corrected chi connectivity index (χ4v) is 4.00. The molecule has 0 aliphatic carbocycles. The van der Waals surface area contributed by atoms with E-state index in [1.165, 1.54) is 18.2 Å². The molecule has 1 aromatic heterocycles. The lowest BCUT2D eigenvalue weighted by Gasteiger charge is -2.17. The van der Waals surface area contributed by atoms with Gasteiger partial charge in [-0.05, 0) is 54.1 Å². The number of halogens is 2. The highest BCUT2D eigenvalue weighted by Crippen LogP contribution is 2.30. The molecule has 8 heteroatoms. The van der Waals surface area contributed by atoms with E-state index in [9.17, 15) is 14.7 Å². The monoisotopic (exact) mass is 505 g/mol. The Morgan fingerprint density at radius 2 is 1.63 bits per heavy atom. The summed E-state index contributed by atoms with van der Waals surface area (Å²) in [7, 11) is 0. The van der Waals surface area contributed by atoms with Gasteiger partial charge in [0.2, 0.25) is 0 Å². The Balaban J connectivity index is 1.49. The van der Waals surface area contributed by atoms with E-state index in [4.69, 9.17) is 23.2 Å². The van der Waals surface area contributed by atoms with Crippen LogP contribution in [0.25, 0.3) is 11.3 Å². The summed E-state index contributed by atoms with van der Waals surface area (Å²) in [6.45, 7) is -0.258. The predicted molar refractivity (Wildman–Crippen MR) is 138 cm³/mol. The van der Waals surface area contributed by atoms with Crippen molar-refractivity contribution in [3.8, 4) is 11.3 Å². The fraction of sp³-hybridized carbons (Fsp3) is 0.0741. The van der Waals surface area contributed by atoms with Gasteiger partial charge in [-0.1, -0.05) is 59.6 Å². The number of hydrogen-bond acceptors (Lipinski definition) is 4. The molecule has 176 valence electrons. The zero-order valence-corrected chi connectivity index (χ0v) is 19.9. The van der Waals surface area contributed by atoms with Crippen molar-refractivity contribution in [2.75, 3.05) is 11.9 Å². The van der Waals surface area contributed by atoms with Gasteiger partial charge in [-0.15, -0.1) is 0 Å². The van der Waals surface area contributed by atoms with Crippen molar-refractivity contribution in [3.63, 3.8) is 0 Å². The zero-order valence-electron chi connectivity index (χ0n) is 18.4. The topological polar surface area (TPSA) is 91.3 Å². The molecule has 1 heterocycles. The molecular formula is C27H21Cl2N3O3. The summed E-state index contributed by atoms with van der Waals surface area (Å²) >= 11 is 12.7. The standard InChI is InChI=1S/C27H21Cl2N3O3/c28-22-12-10-19(15-21(22)24-8-4-5-13-30-24)31-27(35)20-11-9-18(14-23(20)29)26(34)32-25(16-33)17-6-2-1-3-7-17/h1-15,25,33H,16H2,(H,31,35)(H,32,34). The normalized spacial score (nSPS) is 11.5. The molecule has 3 N–H and O–H groups in total. The molecule has 1 unspecified atom stereocenters. The number of aliphatic hydroxyl groups excluding tert-OH is 1. The van der Waals surface area contributed by atoms with Gasteiger partial charge in [0.25, 0.3) is 11.8 Å². The van der Waals surface area contributed by atoms with Gasteiger partial charge in [-0.3, -0.25) is 14.6 Å². The number of carbonyl (C=O) groups is 2. The highest BCUT2D eigenvalue weighted by Gasteiger charge is 2.18. The molecule has 0 saturated heterocycles. The van der Waals surface area contributed by atoms with Crippen LogP contribution in [0.1, 0.15) is 32.3 Å². The molecule has 0 bridgehead atoms. The number of hydrogen-bond donors (Lipinski definition) is 3. The molecule has 0 spiro atoms. The molecule has 0 radical (unpaired) electrons. The number of nitrogens with one attached hydrogen (secondary N) is 2. The first-order chi connectivity index (χ1) is 17.0. The fourth-order valence-electron chi connectivity index (χ4n) is 3.52. The third-order valence-electron chi connectivity index (χ3n) is 5.33. The summed E-state index contributed by atoms with van der Waals surface area (Å²) in [6, 6.07) is 23.6. The molecular weight excluding hydrogens is 485 g/mol. The lowest BCUT2D eigenvalue weighted by atomic mass is 10.1. The molecule has 6 nitrogen and oxygen atoms in total. The first-order valence-electron chi connectivity index (χ1n) is 10.7. The second-order valence-corrected chi connectivity index (χ2v) is 8.49. The molecule has 35 heavy (non-hydrogen) atoms. The Morgan fingerprint density at radius 1 is 0.857 bits per heavy atom. The maximum absolute atomic E-state index is 12.9. The highest BCUT2D eigenvalue weighted by atomic mass is 35.5. The minimum absolute atomic E-state index is 0.120. The average molecular weight is 506 g/mol. The van der Waals surface area contributed by atoms with E-state index in [-0.39, 0.29) is 22.8 Å². The third-order valence-corrected chi connectivity index (χ3v) is 5.97. The van der Waals surface area contributed by atoms with Crippen molar-refractivity contribution in [1.29, 1.82) is 0 Å². The van der Waals surface area contributed by atoms with Crippen molar-refractivity contribution in [2.24, 2.45) is 0 Å². The second kappa shape index (κ2) is 11.1. The Kier molecular flexibility index (Phi) is 7.77. The van der Waals surface area contributed by atoms with E-state index >= 15 is 0 Å². The van der Waals surface area contributed by atoms with E-state index in [1.54, 1.807) is 30.5 Å². The SMILES string of the molecule is O=C(NC(CO)c1ccccc1)c1ccc(C(=O)Nc2ccc(Cl)c(-c3ccccn3)c2)c(Cl)c1. The van der Waals surface area contributed by atoms with Gasteiger partial charge in [-0.2, -0.15) is 0 Å². The van der Waals surface area contributed by atoms with Gasteiger partial charge in [0.15, 0.2) is 0 Å². The van der Waals surface area contributed by atoms with Crippen molar-refractivity contribution in [1.82, 2.24) is 10.3 Å². The van der Waals surface area contributed by atoms with Crippen molar-refractivity contribution in [3.05, 3.63) is 118 Å². The van der Waals surface area contributed by atoms with E-state index in [0.717, 1.165) is 5.56 Å². The van der Waals surface area contributed by atoms with Crippen LogP contribution >= 0.6 is 23.2 Å². The van der Waals surface area contributed by atoms with Gasteiger partial charge in [-0.25, -0.2) is 0 Å². The second-order valence-electron chi connectivity index (χ2n) is 7.68. The first kappa shape index (κ1) is 24.4. The van der Waals surface area contributed by atoms with Gasteiger partial charge in [0, 0.05) is 23.0 Å². The Morgan fingerprint density at radius 3 is 2.31 bits per heavy atom. The molecule has 0 aliphatic heterocycles.